The smallest absolute Gasteiger partial charge is 0.251 e. The summed E-state index contributed by atoms with van der Waals surface area (Å²) in [4.78, 5) is 15.0. The lowest BCUT2D eigenvalue weighted by Gasteiger charge is -2.26. The van der Waals surface area contributed by atoms with E-state index in [1.807, 2.05) is 25.1 Å². The van der Waals surface area contributed by atoms with Crippen LogP contribution in [0.3, 0.4) is 0 Å². The van der Waals surface area contributed by atoms with E-state index in [1.54, 1.807) is 0 Å². The van der Waals surface area contributed by atoms with Gasteiger partial charge in [-0.1, -0.05) is 42.0 Å². The largest absolute Gasteiger partial charge is 0.379 e. The number of nitrogens with one attached hydrogen (secondary N) is 1. The second-order valence-corrected chi connectivity index (χ2v) is 6.69. The van der Waals surface area contributed by atoms with Gasteiger partial charge in [-0.3, -0.25) is 9.69 Å². The summed E-state index contributed by atoms with van der Waals surface area (Å²) in [5.74, 6) is -0.0306. The van der Waals surface area contributed by atoms with E-state index in [9.17, 15) is 4.79 Å². The van der Waals surface area contributed by atoms with Crippen LogP contribution in [0.5, 0.6) is 0 Å². The standard InChI is InChI=1S/C21H26N2O2/c1-16-6-8-19(9-7-16)17(2)22-21(24)20-5-3-4-18(14-20)15-23-10-12-25-13-11-23/h3-9,14,17H,10-13,15H2,1-2H3,(H,22,24)/t17-/m1/s1. The zero-order valence-corrected chi connectivity index (χ0v) is 15.0. The molecule has 2 aromatic rings. The van der Waals surface area contributed by atoms with Crippen molar-refractivity contribution in [2.75, 3.05) is 26.3 Å². The first-order chi connectivity index (χ1) is 12.1. The maximum atomic E-state index is 12.6. The first kappa shape index (κ1) is 17.6. The number of carbonyl (C=O) groups excluding carboxylic acids is 1. The molecule has 1 fully saturated rings. The van der Waals surface area contributed by atoms with Gasteiger partial charge in [-0.25, -0.2) is 0 Å². The molecule has 0 saturated carbocycles. The van der Waals surface area contributed by atoms with Crippen molar-refractivity contribution in [2.24, 2.45) is 0 Å². The second kappa shape index (κ2) is 8.28. The molecule has 132 valence electrons. The number of hydrogen-bond donors (Lipinski definition) is 1. The Morgan fingerprint density at radius 2 is 1.88 bits per heavy atom. The van der Waals surface area contributed by atoms with E-state index >= 15 is 0 Å². The minimum absolute atomic E-state index is 0.0176. The Morgan fingerprint density at radius 3 is 2.60 bits per heavy atom. The van der Waals surface area contributed by atoms with Crippen molar-refractivity contribution in [1.29, 1.82) is 0 Å². The molecule has 25 heavy (non-hydrogen) atoms. The van der Waals surface area contributed by atoms with E-state index < -0.39 is 0 Å². The molecular weight excluding hydrogens is 312 g/mol. The van der Waals surface area contributed by atoms with Crippen LogP contribution in [0.2, 0.25) is 0 Å². The summed E-state index contributed by atoms with van der Waals surface area (Å²) in [7, 11) is 0. The van der Waals surface area contributed by atoms with Crippen LogP contribution >= 0.6 is 0 Å². The molecule has 3 rings (SSSR count). The summed E-state index contributed by atoms with van der Waals surface area (Å²) in [6.07, 6.45) is 0. The molecule has 1 aliphatic rings. The Hall–Kier alpha value is -2.17. The molecule has 2 aromatic carbocycles. The van der Waals surface area contributed by atoms with E-state index in [4.69, 9.17) is 4.74 Å². The fraction of sp³-hybridized carbons (Fsp3) is 0.381. The molecule has 1 saturated heterocycles. The molecule has 1 atom stereocenters. The molecule has 1 N–H and O–H groups in total. The highest BCUT2D eigenvalue weighted by atomic mass is 16.5. The van der Waals surface area contributed by atoms with Crippen LogP contribution in [0, 0.1) is 6.92 Å². The Morgan fingerprint density at radius 1 is 1.16 bits per heavy atom. The lowest BCUT2D eigenvalue weighted by molar-refractivity contribution is 0.0342. The number of rotatable bonds is 5. The first-order valence-corrected chi connectivity index (χ1v) is 8.88. The summed E-state index contributed by atoms with van der Waals surface area (Å²) in [5, 5.41) is 3.09. The van der Waals surface area contributed by atoms with Gasteiger partial charge in [0.15, 0.2) is 0 Å². The molecule has 1 heterocycles. The molecule has 0 unspecified atom stereocenters. The highest BCUT2D eigenvalue weighted by Gasteiger charge is 2.14. The molecular formula is C21H26N2O2. The van der Waals surface area contributed by atoms with Crippen LogP contribution in [-0.4, -0.2) is 37.1 Å². The van der Waals surface area contributed by atoms with Crippen molar-refractivity contribution in [1.82, 2.24) is 10.2 Å². The molecule has 0 aliphatic carbocycles. The summed E-state index contributed by atoms with van der Waals surface area (Å²) in [6, 6.07) is 16.2. The van der Waals surface area contributed by atoms with Gasteiger partial charge >= 0.3 is 0 Å². The SMILES string of the molecule is Cc1ccc([C@@H](C)NC(=O)c2cccc(CN3CCOCC3)c2)cc1. The number of ether oxygens (including phenoxy) is 1. The predicted molar refractivity (Wildman–Crippen MR) is 99.6 cm³/mol. The summed E-state index contributed by atoms with van der Waals surface area (Å²) < 4.78 is 5.39. The van der Waals surface area contributed by atoms with Gasteiger partial charge < -0.3 is 10.1 Å². The second-order valence-electron chi connectivity index (χ2n) is 6.69. The van der Waals surface area contributed by atoms with Gasteiger partial charge in [0.2, 0.25) is 0 Å². The van der Waals surface area contributed by atoms with Gasteiger partial charge in [0, 0.05) is 25.2 Å². The molecule has 1 aliphatic heterocycles. The average Bonchev–Trinajstić information content (AvgIpc) is 2.63. The third-order valence-corrected chi connectivity index (χ3v) is 4.62. The maximum Gasteiger partial charge on any atom is 0.251 e. The predicted octanol–water partition coefficient (Wildman–Crippen LogP) is 3.32. The van der Waals surface area contributed by atoms with Gasteiger partial charge in [0.1, 0.15) is 0 Å². The first-order valence-electron chi connectivity index (χ1n) is 8.88. The number of amides is 1. The van der Waals surface area contributed by atoms with Crippen LogP contribution in [0.15, 0.2) is 48.5 Å². The van der Waals surface area contributed by atoms with Gasteiger partial charge in [-0.15, -0.1) is 0 Å². The van der Waals surface area contributed by atoms with Crippen molar-refractivity contribution in [3.8, 4) is 0 Å². The Labute approximate surface area is 149 Å². The highest BCUT2D eigenvalue weighted by Crippen LogP contribution is 2.15. The van der Waals surface area contributed by atoms with Gasteiger partial charge in [-0.05, 0) is 37.1 Å². The van der Waals surface area contributed by atoms with E-state index in [-0.39, 0.29) is 11.9 Å². The van der Waals surface area contributed by atoms with Crippen molar-refractivity contribution < 1.29 is 9.53 Å². The molecule has 0 radical (unpaired) electrons. The molecule has 1 amide bonds. The number of hydrogen-bond acceptors (Lipinski definition) is 3. The zero-order valence-electron chi connectivity index (χ0n) is 15.0. The van der Waals surface area contributed by atoms with Crippen LogP contribution in [-0.2, 0) is 11.3 Å². The van der Waals surface area contributed by atoms with E-state index in [1.165, 1.54) is 5.56 Å². The van der Waals surface area contributed by atoms with Crippen LogP contribution < -0.4 is 5.32 Å². The zero-order chi connectivity index (χ0) is 17.6. The van der Waals surface area contributed by atoms with Crippen LogP contribution in [0.4, 0.5) is 0 Å². The minimum Gasteiger partial charge on any atom is -0.379 e. The molecule has 0 spiro atoms. The van der Waals surface area contributed by atoms with Crippen molar-refractivity contribution >= 4 is 5.91 Å². The Balaban J connectivity index is 1.63. The lowest BCUT2D eigenvalue weighted by Crippen LogP contribution is -2.35. The molecule has 0 aromatic heterocycles. The number of morpholine rings is 1. The average molecular weight is 338 g/mol. The van der Waals surface area contributed by atoms with Crippen molar-refractivity contribution in [3.05, 3.63) is 70.8 Å². The number of carbonyl (C=O) groups is 1. The Bertz CT molecular complexity index is 706. The quantitative estimate of drug-likeness (QED) is 0.909. The topological polar surface area (TPSA) is 41.6 Å². The number of nitrogens with zero attached hydrogens (tertiary/aromatic N) is 1. The third-order valence-electron chi connectivity index (χ3n) is 4.62. The van der Waals surface area contributed by atoms with Gasteiger partial charge in [-0.2, -0.15) is 0 Å². The number of benzene rings is 2. The van der Waals surface area contributed by atoms with E-state index in [0.717, 1.165) is 44.0 Å². The normalized spacial score (nSPS) is 16.4. The van der Waals surface area contributed by atoms with Gasteiger partial charge in [0.25, 0.3) is 5.91 Å². The Kier molecular flexibility index (Phi) is 5.84. The van der Waals surface area contributed by atoms with Crippen molar-refractivity contribution in [3.63, 3.8) is 0 Å². The third kappa shape index (κ3) is 4.91. The van der Waals surface area contributed by atoms with Crippen LogP contribution in [0.25, 0.3) is 0 Å². The summed E-state index contributed by atoms with van der Waals surface area (Å²) in [5.41, 5.74) is 4.21. The number of aryl methyl sites for hydroxylation is 1. The fourth-order valence-corrected chi connectivity index (χ4v) is 3.05. The van der Waals surface area contributed by atoms with Crippen molar-refractivity contribution in [2.45, 2.75) is 26.4 Å². The fourth-order valence-electron chi connectivity index (χ4n) is 3.05. The summed E-state index contributed by atoms with van der Waals surface area (Å²) in [6.45, 7) is 8.40. The molecule has 0 bridgehead atoms. The highest BCUT2D eigenvalue weighted by molar-refractivity contribution is 5.94. The maximum absolute atomic E-state index is 12.6. The summed E-state index contributed by atoms with van der Waals surface area (Å²) >= 11 is 0. The van der Waals surface area contributed by atoms with Crippen LogP contribution in [0.1, 0.15) is 40.0 Å². The molecule has 4 nitrogen and oxygen atoms in total. The molecule has 4 heteroatoms. The van der Waals surface area contributed by atoms with E-state index in [0.29, 0.717) is 5.56 Å². The minimum atomic E-state index is -0.0306. The monoisotopic (exact) mass is 338 g/mol. The van der Waals surface area contributed by atoms with Gasteiger partial charge in [0.05, 0.1) is 19.3 Å². The lowest BCUT2D eigenvalue weighted by atomic mass is 10.1. The van der Waals surface area contributed by atoms with E-state index in [2.05, 4.69) is 47.5 Å².